The lowest BCUT2D eigenvalue weighted by Gasteiger charge is -2.12. The molecule has 4 nitrogen and oxygen atoms in total. The topological polar surface area (TPSA) is 52.6 Å². The Labute approximate surface area is 103 Å². The third kappa shape index (κ3) is 6.89. The van der Waals surface area contributed by atoms with Crippen LogP contribution in [0.5, 0.6) is 0 Å². The highest BCUT2D eigenvalue weighted by atomic mass is 16.6. The van der Waals surface area contributed by atoms with Gasteiger partial charge < -0.3 is 9.47 Å². The fraction of sp³-hybridized carbons (Fsp3) is 0.692. The monoisotopic (exact) mass is 242 g/mol. The van der Waals surface area contributed by atoms with Gasteiger partial charge in [-0.3, -0.25) is 4.79 Å². The van der Waals surface area contributed by atoms with Gasteiger partial charge in [0.15, 0.2) is 6.10 Å². The average Bonchev–Trinajstić information content (AvgIpc) is 2.31. The van der Waals surface area contributed by atoms with Crippen LogP contribution < -0.4 is 0 Å². The van der Waals surface area contributed by atoms with E-state index in [0.29, 0.717) is 19.4 Å². The molecule has 4 heteroatoms. The molecule has 0 aliphatic rings. The van der Waals surface area contributed by atoms with E-state index in [2.05, 4.69) is 6.58 Å². The summed E-state index contributed by atoms with van der Waals surface area (Å²) in [6, 6.07) is 0. The minimum atomic E-state index is -0.535. The van der Waals surface area contributed by atoms with Crippen molar-refractivity contribution in [2.45, 2.75) is 39.2 Å². The molecule has 0 saturated heterocycles. The summed E-state index contributed by atoms with van der Waals surface area (Å²) in [6.07, 6.45) is 3.28. The van der Waals surface area contributed by atoms with Crippen LogP contribution in [0.1, 0.15) is 33.1 Å². The van der Waals surface area contributed by atoms with Crippen LogP contribution in [0.2, 0.25) is 0 Å². The summed E-state index contributed by atoms with van der Waals surface area (Å²) in [5.41, 5.74) is 0. The Bertz CT molecular complexity index is 260. The van der Waals surface area contributed by atoms with Gasteiger partial charge in [-0.05, 0) is 33.1 Å². The first kappa shape index (κ1) is 15.8. The molecule has 0 aliphatic heterocycles. The molecule has 0 radical (unpaired) electrons. The van der Waals surface area contributed by atoms with Crippen molar-refractivity contribution in [3.63, 3.8) is 0 Å². The number of ketones is 1. The van der Waals surface area contributed by atoms with Crippen molar-refractivity contribution >= 4 is 11.8 Å². The van der Waals surface area contributed by atoms with Crippen molar-refractivity contribution < 1.29 is 19.1 Å². The van der Waals surface area contributed by atoms with Crippen LogP contribution >= 0.6 is 0 Å². The predicted octanol–water partition coefficient (Wildman–Crippen LogP) is 2.13. The number of rotatable bonds is 9. The highest BCUT2D eigenvalue weighted by Gasteiger charge is 2.14. The Morgan fingerprint density at radius 2 is 2.06 bits per heavy atom. The Hall–Kier alpha value is -1.16. The van der Waals surface area contributed by atoms with Gasteiger partial charge in [-0.1, -0.05) is 6.08 Å². The third-order valence-electron chi connectivity index (χ3n) is 2.65. The molecule has 0 aromatic rings. The Balaban J connectivity index is 3.78. The highest BCUT2D eigenvalue weighted by Crippen LogP contribution is 2.13. The summed E-state index contributed by atoms with van der Waals surface area (Å²) < 4.78 is 9.83. The molecule has 0 N–H and O–H groups in total. The van der Waals surface area contributed by atoms with Crippen molar-refractivity contribution in [1.29, 1.82) is 0 Å². The van der Waals surface area contributed by atoms with E-state index in [1.54, 1.807) is 19.9 Å². The maximum atomic E-state index is 11.2. The van der Waals surface area contributed by atoms with E-state index in [9.17, 15) is 9.59 Å². The molecule has 0 aromatic heterocycles. The van der Waals surface area contributed by atoms with E-state index in [-0.39, 0.29) is 17.7 Å². The molecule has 0 aliphatic carbocycles. The van der Waals surface area contributed by atoms with Crippen molar-refractivity contribution in [2.75, 3.05) is 13.7 Å². The summed E-state index contributed by atoms with van der Waals surface area (Å²) in [5, 5.41) is 0. The average molecular weight is 242 g/mol. The molecule has 0 saturated carbocycles. The first-order valence-electron chi connectivity index (χ1n) is 5.83. The van der Waals surface area contributed by atoms with Gasteiger partial charge in [0.05, 0.1) is 6.61 Å². The molecular formula is C13H22O4. The van der Waals surface area contributed by atoms with Crippen LogP contribution in [0.15, 0.2) is 12.7 Å². The van der Waals surface area contributed by atoms with Gasteiger partial charge in [-0.25, -0.2) is 4.79 Å². The fourth-order valence-electron chi connectivity index (χ4n) is 1.40. The lowest BCUT2D eigenvalue weighted by Crippen LogP contribution is -2.22. The lowest BCUT2D eigenvalue weighted by atomic mass is 9.96. The van der Waals surface area contributed by atoms with Gasteiger partial charge in [0.1, 0.15) is 5.78 Å². The summed E-state index contributed by atoms with van der Waals surface area (Å²) in [4.78, 5) is 22.5. The van der Waals surface area contributed by atoms with Gasteiger partial charge in [-0.15, -0.1) is 6.58 Å². The number of ether oxygens (including phenoxy) is 2. The number of Topliss-reactive ketones (excluding diaryl/α,β-unsaturated/α-hetero) is 1. The van der Waals surface area contributed by atoms with E-state index >= 15 is 0 Å². The second-order valence-corrected chi connectivity index (χ2v) is 4.02. The van der Waals surface area contributed by atoms with E-state index in [1.807, 2.05) is 0 Å². The van der Waals surface area contributed by atoms with Crippen LogP contribution in [0, 0.1) is 5.92 Å². The van der Waals surface area contributed by atoms with Crippen LogP contribution in [-0.2, 0) is 19.1 Å². The van der Waals surface area contributed by atoms with Gasteiger partial charge in [0, 0.05) is 13.0 Å². The zero-order valence-electron chi connectivity index (χ0n) is 10.9. The van der Waals surface area contributed by atoms with Crippen molar-refractivity contribution in [3.05, 3.63) is 12.7 Å². The van der Waals surface area contributed by atoms with Crippen LogP contribution in [0.3, 0.4) is 0 Å². The zero-order chi connectivity index (χ0) is 13.3. The summed E-state index contributed by atoms with van der Waals surface area (Å²) >= 11 is 0. The molecule has 0 spiro atoms. The number of carbonyl (C=O) groups excluding carboxylic acids is 2. The predicted molar refractivity (Wildman–Crippen MR) is 65.6 cm³/mol. The molecule has 1 unspecified atom stereocenters. The van der Waals surface area contributed by atoms with Gasteiger partial charge in [-0.2, -0.15) is 0 Å². The number of carbonyl (C=O) groups is 2. The molecule has 98 valence electrons. The molecule has 0 aromatic carbocycles. The minimum absolute atomic E-state index is 0.00829. The highest BCUT2D eigenvalue weighted by molar-refractivity contribution is 5.78. The Morgan fingerprint density at radius 3 is 2.53 bits per heavy atom. The summed E-state index contributed by atoms with van der Waals surface area (Å²) in [6.45, 7) is 7.16. The van der Waals surface area contributed by atoms with Crippen molar-refractivity contribution in [2.24, 2.45) is 5.92 Å². The second kappa shape index (κ2) is 8.93. The summed E-state index contributed by atoms with van der Waals surface area (Å²) in [5.74, 6) is -0.219. The number of hydrogen-bond donors (Lipinski definition) is 0. The maximum Gasteiger partial charge on any atom is 0.334 e. The van der Waals surface area contributed by atoms with Crippen molar-refractivity contribution in [3.8, 4) is 0 Å². The number of allylic oxidation sites excluding steroid dienone is 1. The minimum Gasteiger partial charge on any atom is -0.464 e. The zero-order valence-corrected chi connectivity index (χ0v) is 10.9. The molecule has 0 bridgehead atoms. The van der Waals surface area contributed by atoms with Crippen LogP contribution in [0.25, 0.3) is 0 Å². The smallest absolute Gasteiger partial charge is 0.334 e. The van der Waals surface area contributed by atoms with Gasteiger partial charge >= 0.3 is 5.97 Å². The third-order valence-corrected chi connectivity index (χ3v) is 2.65. The lowest BCUT2D eigenvalue weighted by molar-refractivity contribution is -0.154. The second-order valence-electron chi connectivity index (χ2n) is 4.02. The van der Waals surface area contributed by atoms with Crippen molar-refractivity contribution in [1.82, 2.24) is 0 Å². The molecule has 0 fully saturated rings. The van der Waals surface area contributed by atoms with E-state index in [0.717, 1.165) is 6.42 Å². The molecule has 0 heterocycles. The quantitative estimate of drug-likeness (QED) is 0.353. The molecule has 2 atom stereocenters. The van der Waals surface area contributed by atoms with E-state index in [1.165, 1.54) is 7.11 Å². The Morgan fingerprint density at radius 1 is 1.41 bits per heavy atom. The van der Waals surface area contributed by atoms with Gasteiger partial charge in [0.2, 0.25) is 0 Å². The number of methoxy groups -OCH3 is 1. The SMILES string of the molecule is C=CCC(CCCOC(=O)[C@@H](C)OC)C(C)=O. The fourth-order valence-corrected chi connectivity index (χ4v) is 1.40. The number of hydrogen-bond acceptors (Lipinski definition) is 4. The molecule has 0 rings (SSSR count). The largest absolute Gasteiger partial charge is 0.464 e. The van der Waals surface area contributed by atoms with Crippen LogP contribution in [-0.4, -0.2) is 31.6 Å². The maximum absolute atomic E-state index is 11.2. The molecular weight excluding hydrogens is 220 g/mol. The van der Waals surface area contributed by atoms with E-state index in [4.69, 9.17) is 9.47 Å². The molecule has 0 amide bonds. The van der Waals surface area contributed by atoms with Crippen LogP contribution in [0.4, 0.5) is 0 Å². The number of esters is 1. The molecule has 17 heavy (non-hydrogen) atoms. The van der Waals surface area contributed by atoms with Gasteiger partial charge in [0.25, 0.3) is 0 Å². The normalized spacial score (nSPS) is 13.8. The Kier molecular flexibility index (Phi) is 8.32. The summed E-state index contributed by atoms with van der Waals surface area (Å²) in [7, 11) is 1.46. The first-order valence-corrected chi connectivity index (χ1v) is 5.83. The first-order chi connectivity index (χ1) is 8.02. The standard InChI is InChI=1S/C13H22O4/c1-5-7-12(10(2)14)8-6-9-17-13(15)11(3)16-4/h5,11-12H,1,6-9H2,2-4H3/t11-,12?/m1/s1. The van der Waals surface area contributed by atoms with E-state index < -0.39 is 6.10 Å².